The fraction of sp³-hybridized carbons (Fsp3) is 0.176. The maximum Gasteiger partial charge on any atom is 0.511 e. The topological polar surface area (TPSA) is 82.1 Å². The van der Waals surface area contributed by atoms with Gasteiger partial charge in [-0.15, -0.1) is 0 Å². The quantitative estimate of drug-likeness (QED) is 0.406. The zero-order valence-electron chi connectivity index (χ0n) is 12.3. The minimum Gasteiger partial charge on any atom is -0.435 e. The van der Waals surface area contributed by atoms with Crippen LogP contribution in [0.3, 0.4) is 0 Å². The molecule has 0 spiro atoms. The van der Waals surface area contributed by atoms with E-state index in [0.29, 0.717) is 0 Å². The van der Waals surface area contributed by atoms with Crippen LogP contribution in [0, 0.1) is 0 Å². The molecule has 1 aliphatic rings. The van der Waals surface area contributed by atoms with E-state index < -0.39 is 11.9 Å². The Morgan fingerprint density at radius 3 is 2.04 bits per heavy atom. The summed E-state index contributed by atoms with van der Waals surface area (Å²) in [6, 6.07) is 12.9. The van der Waals surface area contributed by atoms with Crippen molar-refractivity contribution in [1.82, 2.24) is 0 Å². The molecule has 0 unspecified atom stereocenters. The summed E-state index contributed by atoms with van der Waals surface area (Å²) in [5.74, 6) is -2.19. The van der Waals surface area contributed by atoms with Gasteiger partial charge in [-0.3, -0.25) is 4.79 Å². The van der Waals surface area contributed by atoms with Gasteiger partial charge in [0.15, 0.2) is 5.78 Å². The van der Waals surface area contributed by atoms with E-state index in [1.54, 1.807) is 55.5 Å². The lowest BCUT2D eigenvalue weighted by Crippen LogP contribution is -2.41. The van der Waals surface area contributed by atoms with Crippen molar-refractivity contribution in [2.24, 2.45) is 0 Å². The molecule has 0 fully saturated rings. The first kappa shape index (κ1) is 15.2. The Labute approximate surface area is 132 Å². The number of carbonyl (C=O) groups is 2. The van der Waals surface area contributed by atoms with Gasteiger partial charge in [-0.25, -0.2) is 10.1 Å². The van der Waals surface area contributed by atoms with Gasteiger partial charge in [0, 0.05) is 22.3 Å². The summed E-state index contributed by atoms with van der Waals surface area (Å²) in [4.78, 5) is 29.1. The number of rotatable bonds is 3. The second kappa shape index (κ2) is 5.83. The first-order chi connectivity index (χ1) is 11.1. The van der Waals surface area contributed by atoms with Crippen LogP contribution in [-0.2, 0) is 20.1 Å². The van der Waals surface area contributed by atoms with E-state index >= 15 is 0 Å². The zero-order chi connectivity index (χ0) is 16.4. The van der Waals surface area contributed by atoms with Crippen molar-refractivity contribution in [2.45, 2.75) is 12.7 Å². The van der Waals surface area contributed by atoms with Gasteiger partial charge in [-0.1, -0.05) is 48.5 Å². The largest absolute Gasteiger partial charge is 0.511 e. The summed E-state index contributed by atoms with van der Waals surface area (Å²) < 4.78 is 10.1. The number of ketones is 1. The van der Waals surface area contributed by atoms with Crippen LogP contribution in [-0.4, -0.2) is 23.8 Å². The SMILES string of the molecule is CCOC(=O)OC1(OO)c2ccccc2C(=O)c2ccccc21. The molecule has 6 heteroatoms. The van der Waals surface area contributed by atoms with Crippen molar-refractivity contribution in [3.8, 4) is 0 Å². The Hall–Kier alpha value is -2.70. The van der Waals surface area contributed by atoms with Gasteiger partial charge in [-0.05, 0) is 6.92 Å². The predicted molar refractivity (Wildman–Crippen MR) is 78.9 cm³/mol. The molecular weight excluding hydrogens is 300 g/mol. The summed E-state index contributed by atoms with van der Waals surface area (Å²) in [6.45, 7) is 1.72. The zero-order valence-corrected chi connectivity index (χ0v) is 12.3. The van der Waals surface area contributed by atoms with Crippen LogP contribution >= 0.6 is 0 Å². The van der Waals surface area contributed by atoms with Gasteiger partial charge in [0.1, 0.15) is 0 Å². The molecular formula is C17H14O6. The van der Waals surface area contributed by atoms with Crippen LogP contribution in [0.5, 0.6) is 0 Å². The van der Waals surface area contributed by atoms with Gasteiger partial charge < -0.3 is 9.47 Å². The van der Waals surface area contributed by atoms with Gasteiger partial charge in [0.2, 0.25) is 0 Å². The Balaban J connectivity index is 2.24. The molecule has 23 heavy (non-hydrogen) atoms. The number of benzene rings is 2. The first-order valence-electron chi connectivity index (χ1n) is 7.06. The fourth-order valence-corrected chi connectivity index (χ4v) is 2.72. The molecule has 1 N–H and O–H groups in total. The molecule has 0 aromatic heterocycles. The van der Waals surface area contributed by atoms with Crippen LogP contribution in [0.1, 0.15) is 34.0 Å². The number of carbonyl (C=O) groups excluding carboxylic acids is 2. The third-order valence-corrected chi connectivity index (χ3v) is 3.67. The smallest absolute Gasteiger partial charge is 0.435 e. The van der Waals surface area contributed by atoms with Gasteiger partial charge in [0.05, 0.1) is 6.61 Å². The highest BCUT2D eigenvalue weighted by molar-refractivity contribution is 6.13. The molecule has 1 aliphatic carbocycles. The summed E-state index contributed by atoms with van der Waals surface area (Å²) in [6.07, 6.45) is -1.01. The van der Waals surface area contributed by atoms with Crippen molar-refractivity contribution in [3.63, 3.8) is 0 Å². The molecule has 0 saturated carbocycles. The van der Waals surface area contributed by atoms with Crippen molar-refractivity contribution in [1.29, 1.82) is 0 Å². The Bertz CT molecular complexity index is 718. The lowest BCUT2D eigenvalue weighted by molar-refractivity contribution is -0.383. The lowest BCUT2D eigenvalue weighted by atomic mass is 9.80. The maximum atomic E-state index is 12.6. The second-order valence-electron chi connectivity index (χ2n) is 4.91. The fourth-order valence-electron chi connectivity index (χ4n) is 2.72. The van der Waals surface area contributed by atoms with Crippen molar-refractivity contribution >= 4 is 11.9 Å². The second-order valence-corrected chi connectivity index (χ2v) is 4.91. The molecule has 0 aliphatic heterocycles. The molecule has 2 aromatic carbocycles. The first-order valence-corrected chi connectivity index (χ1v) is 7.06. The highest BCUT2D eigenvalue weighted by Crippen LogP contribution is 2.43. The molecule has 6 nitrogen and oxygen atoms in total. The Morgan fingerprint density at radius 1 is 1.04 bits per heavy atom. The van der Waals surface area contributed by atoms with Crippen LogP contribution in [0.2, 0.25) is 0 Å². The third-order valence-electron chi connectivity index (χ3n) is 3.67. The van der Waals surface area contributed by atoms with E-state index in [9.17, 15) is 14.8 Å². The third kappa shape index (κ3) is 2.28. The summed E-state index contributed by atoms with van der Waals surface area (Å²) in [5.41, 5.74) is 1.03. The Kier molecular flexibility index (Phi) is 3.85. The van der Waals surface area contributed by atoms with Gasteiger partial charge in [-0.2, -0.15) is 4.89 Å². The minimum atomic E-state index is -1.95. The highest BCUT2D eigenvalue weighted by atomic mass is 17.2. The standard InChI is InChI=1S/C17H14O6/c1-2-21-16(19)22-17(23-20)13-9-5-3-7-11(13)15(18)12-8-4-6-10-14(12)17/h3-10,20H,2H2,1H3. The average molecular weight is 314 g/mol. The number of ether oxygens (including phenoxy) is 2. The van der Waals surface area contributed by atoms with Crippen LogP contribution < -0.4 is 0 Å². The minimum absolute atomic E-state index is 0.0998. The molecule has 0 radical (unpaired) electrons. The molecule has 0 amide bonds. The summed E-state index contributed by atoms with van der Waals surface area (Å²) in [7, 11) is 0. The summed E-state index contributed by atoms with van der Waals surface area (Å²) >= 11 is 0. The molecule has 0 heterocycles. The van der Waals surface area contributed by atoms with E-state index in [0.717, 1.165) is 0 Å². The van der Waals surface area contributed by atoms with Crippen molar-refractivity contribution < 1.29 is 29.2 Å². The van der Waals surface area contributed by atoms with Crippen molar-refractivity contribution in [3.05, 3.63) is 70.8 Å². The maximum absolute atomic E-state index is 12.6. The molecule has 2 aromatic rings. The number of fused-ring (bicyclic) bond motifs is 2. The molecule has 118 valence electrons. The lowest BCUT2D eigenvalue weighted by Gasteiger charge is -2.35. The van der Waals surface area contributed by atoms with E-state index in [2.05, 4.69) is 4.89 Å². The van der Waals surface area contributed by atoms with Gasteiger partial charge in [0.25, 0.3) is 0 Å². The molecule has 0 bridgehead atoms. The van der Waals surface area contributed by atoms with Crippen molar-refractivity contribution in [2.75, 3.05) is 6.61 Å². The molecule has 0 atom stereocenters. The van der Waals surface area contributed by atoms with E-state index in [1.165, 1.54) is 0 Å². The molecule has 0 saturated heterocycles. The molecule has 3 rings (SSSR count). The van der Waals surface area contributed by atoms with Crippen LogP contribution in [0.25, 0.3) is 0 Å². The van der Waals surface area contributed by atoms with E-state index in [1.807, 2.05) is 0 Å². The monoisotopic (exact) mass is 314 g/mol. The van der Waals surface area contributed by atoms with Gasteiger partial charge >= 0.3 is 11.9 Å². The van der Waals surface area contributed by atoms with Crippen LogP contribution in [0.15, 0.2) is 48.5 Å². The number of hydrogen-bond donors (Lipinski definition) is 1. The highest BCUT2D eigenvalue weighted by Gasteiger charge is 2.49. The summed E-state index contributed by atoms with van der Waals surface area (Å²) in [5, 5.41) is 9.59. The van der Waals surface area contributed by atoms with E-state index in [-0.39, 0.29) is 34.6 Å². The normalized spacial score (nSPS) is 14.6. The predicted octanol–water partition coefficient (Wildman–Crippen LogP) is 3.09. The van der Waals surface area contributed by atoms with E-state index in [4.69, 9.17) is 9.47 Å². The average Bonchev–Trinajstić information content (AvgIpc) is 2.59. The number of hydrogen-bond acceptors (Lipinski definition) is 6. The van der Waals surface area contributed by atoms with Crippen LogP contribution in [0.4, 0.5) is 4.79 Å². The Morgan fingerprint density at radius 2 is 1.57 bits per heavy atom.